The molecule has 0 bridgehead atoms. The minimum atomic E-state index is -0.825. The van der Waals surface area contributed by atoms with Gasteiger partial charge in [-0.15, -0.1) is 0 Å². The Morgan fingerprint density at radius 1 is 1.12 bits per heavy atom. The van der Waals surface area contributed by atoms with Crippen molar-refractivity contribution in [2.45, 2.75) is 56.4 Å². The first-order valence-electron chi connectivity index (χ1n) is 6.19. The number of fused-ring (bicyclic) bond motifs is 1. The summed E-state index contributed by atoms with van der Waals surface area (Å²) in [6, 6.07) is 0. The van der Waals surface area contributed by atoms with Crippen molar-refractivity contribution in [3.05, 3.63) is 11.1 Å². The van der Waals surface area contributed by atoms with Crippen LogP contribution in [0.3, 0.4) is 0 Å². The smallest absolute Gasteiger partial charge is 0.117 e. The highest BCUT2D eigenvalue weighted by molar-refractivity contribution is 5.37. The Hall–Kier alpha value is -0.460. The first-order valence-corrected chi connectivity index (χ1v) is 6.19. The van der Waals surface area contributed by atoms with Crippen LogP contribution in [0.25, 0.3) is 0 Å². The Labute approximate surface area is 99.7 Å². The van der Waals surface area contributed by atoms with Crippen molar-refractivity contribution in [2.24, 2.45) is 0 Å². The summed E-state index contributed by atoms with van der Waals surface area (Å²) in [6.45, 7) is 2.30. The van der Waals surface area contributed by atoms with Crippen LogP contribution in [0.1, 0.15) is 19.8 Å². The summed E-state index contributed by atoms with van der Waals surface area (Å²) in [5.74, 6) is 0. The lowest BCUT2D eigenvalue weighted by Gasteiger charge is -2.37. The van der Waals surface area contributed by atoms with E-state index in [0.29, 0.717) is 11.1 Å². The van der Waals surface area contributed by atoms with Gasteiger partial charge in [0.15, 0.2) is 0 Å². The molecule has 6 atom stereocenters. The Morgan fingerprint density at radius 3 is 2.53 bits per heavy atom. The fourth-order valence-corrected chi connectivity index (χ4v) is 2.93. The lowest BCUT2D eigenvalue weighted by atomic mass is 9.81. The maximum Gasteiger partial charge on any atom is 0.117 e. The van der Waals surface area contributed by atoms with Crippen LogP contribution in [0.4, 0.5) is 0 Å². The number of hydrogen-bond acceptors (Lipinski definition) is 5. The van der Waals surface area contributed by atoms with Crippen LogP contribution in [0.15, 0.2) is 11.1 Å². The van der Waals surface area contributed by atoms with Crippen molar-refractivity contribution in [3.8, 4) is 0 Å². The van der Waals surface area contributed by atoms with Crippen LogP contribution in [0, 0.1) is 0 Å². The van der Waals surface area contributed by atoms with Crippen molar-refractivity contribution < 1.29 is 24.8 Å². The molecule has 5 heteroatoms. The molecule has 5 nitrogen and oxygen atoms in total. The van der Waals surface area contributed by atoms with Gasteiger partial charge in [-0.1, -0.05) is 13.3 Å². The summed E-state index contributed by atoms with van der Waals surface area (Å²) in [5, 5.41) is 30.3. The minimum Gasteiger partial charge on any atom is -0.386 e. The zero-order valence-corrected chi connectivity index (χ0v) is 9.74. The van der Waals surface area contributed by atoms with E-state index in [2.05, 4.69) is 0 Å². The average Bonchev–Trinajstić information content (AvgIpc) is 3.09. The summed E-state index contributed by atoms with van der Waals surface area (Å²) in [7, 11) is 0. The fraction of sp³-hybridized carbons (Fsp3) is 0.833. The third kappa shape index (κ3) is 1.65. The predicted molar refractivity (Wildman–Crippen MR) is 58.4 cm³/mol. The molecule has 2 heterocycles. The molecule has 0 amide bonds. The predicted octanol–water partition coefficient (Wildman–Crippen LogP) is -0.654. The van der Waals surface area contributed by atoms with E-state index >= 15 is 0 Å². The van der Waals surface area contributed by atoms with E-state index in [1.54, 1.807) is 0 Å². The number of hydrogen-bond donors (Lipinski definition) is 3. The standard InChI is InChI=1S/C12H18O5/c1-2-3-6-9(14)7-5(4-16-6)8(13)11-12(17-11)10(7)15/h6,8-15H,2-4H2,1H3/t6-,8-,9-,10+,11+,12-/m1/s1. The normalized spacial score (nSPS) is 48.7. The number of ether oxygens (including phenoxy) is 2. The molecule has 0 saturated carbocycles. The lowest BCUT2D eigenvalue weighted by molar-refractivity contribution is -0.0522. The third-order valence-corrected chi connectivity index (χ3v) is 3.93. The molecule has 3 rings (SSSR count). The highest BCUT2D eigenvalue weighted by Crippen LogP contribution is 2.44. The van der Waals surface area contributed by atoms with Gasteiger partial charge in [0, 0.05) is 0 Å². The topological polar surface area (TPSA) is 82.5 Å². The van der Waals surface area contributed by atoms with Crippen LogP contribution < -0.4 is 0 Å². The monoisotopic (exact) mass is 242 g/mol. The van der Waals surface area contributed by atoms with E-state index in [0.717, 1.165) is 12.8 Å². The summed E-state index contributed by atoms with van der Waals surface area (Å²) < 4.78 is 10.8. The molecule has 0 aromatic heterocycles. The van der Waals surface area contributed by atoms with Gasteiger partial charge in [-0.05, 0) is 17.6 Å². The van der Waals surface area contributed by atoms with Crippen LogP contribution in [0.5, 0.6) is 0 Å². The molecule has 1 fully saturated rings. The van der Waals surface area contributed by atoms with Crippen molar-refractivity contribution in [2.75, 3.05) is 6.61 Å². The molecule has 1 aliphatic carbocycles. The molecule has 0 aromatic carbocycles. The van der Waals surface area contributed by atoms with E-state index in [9.17, 15) is 15.3 Å². The van der Waals surface area contributed by atoms with Crippen LogP contribution >= 0.6 is 0 Å². The Kier molecular flexibility index (Phi) is 2.76. The molecular formula is C12H18O5. The average molecular weight is 242 g/mol. The minimum absolute atomic E-state index is 0.280. The van der Waals surface area contributed by atoms with Crippen molar-refractivity contribution in [1.29, 1.82) is 0 Å². The highest BCUT2D eigenvalue weighted by Gasteiger charge is 2.58. The summed E-state index contributed by atoms with van der Waals surface area (Å²) in [6.07, 6.45) is -1.65. The van der Waals surface area contributed by atoms with Gasteiger partial charge >= 0.3 is 0 Å². The molecule has 0 spiro atoms. The molecule has 96 valence electrons. The first kappa shape index (κ1) is 11.6. The number of rotatable bonds is 2. The van der Waals surface area contributed by atoms with Crippen molar-refractivity contribution in [3.63, 3.8) is 0 Å². The maximum absolute atomic E-state index is 10.2. The summed E-state index contributed by atoms with van der Waals surface area (Å²) in [4.78, 5) is 0. The molecule has 0 unspecified atom stereocenters. The van der Waals surface area contributed by atoms with Gasteiger partial charge in [-0.2, -0.15) is 0 Å². The zero-order valence-electron chi connectivity index (χ0n) is 9.74. The van der Waals surface area contributed by atoms with Gasteiger partial charge in [-0.25, -0.2) is 0 Å². The Bertz CT molecular complexity index is 353. The quantitative estimate of drug-likeness (QED) is 0.442. The van der Waals surface area contributed by atoms with E-state index in [-0.39, 0.29) is 24.9 Å². The van der Waals surface area contributed by atoms with Gasteiger partial charge in [0.2, 0.25) is 0 Å². The number of epoxide rings is 1. The SMILES string of the molecule is CCC[C@H]1OCC2=C([C@H](O)[C@H]3O[C@H]3[C@@H]2O)[C@@H]1O. The summed E-state index contributed by atoms with van der Waals surface area (Å²) in [5.41, 5.74) is 1.14. The van der Waals surface area contributed by atoms with Gasteiger partial charge in [0.1, 0.15) is 30.5 Å². The second-order valence-corrected chi connectivity index (χ2v) is 5.02. The lowest BCUT2D eigenvalue weighted by Crippen LogP contribution is -2.48. The van der Waals surface area contributed by atoms with Crippen molar-refractivity contribution in [1.82, 2.24) is 0 Å². The fourth-order valence-electron chi connectivity index (χ4n) is 2.93. The van der Waals surface area contributed by atoms with Crippen LogP contribution in [0.2, 0.25) is 0 Å². The molecule has 3 N–H and O–H groups in total. The molecule has 3 aliphatic rings. The molecule has 0 radical (unpaired) electrons. The van der Waals surface area contributed by atoms with Gasteiger partial charge in [0.05, 0.1) is 12.7 Å². The molecule has 2 aliphatic heterocycles. The van der Waals surface area contributed by atoms with Gasteiger partial charge in [-0.3, -0.25) is 0 Å². The van der Waals surface area contributed by atoms with E-state index in [1.807, 2.05) is 6.92 Å². The van der Waals surface area contributed by atoms with Gasteiger partial charge in [0.25, 0.3) is 0 Å². The second-order valence-electron chi connectivity index (χ2n) is 5.02. The van der Waals surface area contributed by atoms with E-state index in [4.69, 9.17) is 9.47 Å². The Balaban J connectivity index is 1.89. The van der Waals surface area contributed by atoms with E-state index < -0.39 is 18.3 Å². The van der Waals surface area contributed by atoms with Gasteiger partial charge < -0.3 is 24.8 Å². The maximum atomic E-state index is 10.2. The van der Waals surface area contributed by atoms with E-state index in [1.165, 1.54) is 0 Å². The zero-order chi connectivity index (χ0) is 12.2. The largest absolute Gasteiger partial charge is 0.386 e. The highest BCUT2D eigenvalue weighted by atomic mass is 16.6. The second kappa shape index (κ2) is 4.03. The molecular weight excluding hydrogens is 224 g/mol. The molecule has 17 heavy (non-hydrogen) atoms. The van der Waals surface area contributed by atoms with Crippen LogP contribution in [-0.4, -0.2) is 58.6 Å². The van der Waals surface area contributed by atoms with Crippen LogP contribution in [-0.2, 0) is 9.47 Å². The number of aliphatic hydroxyl groups excluding tert-OH is 3. The third-order valence-electron chi connectivity index (χ3n) is 3.93. The molecule has 0 aromatic rings. The molecule has 1 saturated heterocycles. The van der Waals surface area contributed by atoms with Crippen molar-refractivity contribution >= 4 is 0 Å². The first-order chi connectivity index (χ1) is 8.15. The Morgan fingerprint density at radius 2 is 1.82 bits per heavy atom. The summed E-state index contributed by atoms with van der Waals surface area (Å²) >= 11 is 0. The number of aliphatic hydroxyl groups is 3.